The van der Waals surface area contributed by atoms with Crippen LogP contribution in [0.4, 0.5) is 0 Å². The van der Waals surface area contributed by atoms with Gasteiger partial charge in [-0.25, -0.2) is 4.98 Å². The van der Waals surface area contributed by atoms with Crippen molar-refractivity contribution in [2.24, 2.45) is 5.92 Å². The minimum atomic E-state index is 0.496. The van der Waals surface area contributed by atoms with E-state index in [0.717, 1.165) is 34.4 Å². The Morgan fingerprint density at radius 2 is 1.92 bits per heavy atom. The molecule has 0 aliphatic heterocycles. The van der Waals surface area contributed by atoms with Gasteiger partial charge in [-0.1, -0.05) is 23.7 Å². The summed E-state index contributed by atoms with van der Waals surface area (Å²) in [5, 5.41) is 1.98. The highest BCUT2D eigenvalue weighted by molar-refractivity contribution is 6.30. The highest BCUT2D eigenvalue weighted by Crippen LogP contribution is 2.36. The second kappa shape index (κ2) is 6.14. The summed E-state index contributed by atoms with van der Waals surface area (Å²) in [6.07, 6.45) is 4.51. The Morgan fingerprint density at radius 1 is 1.17 bits per heavy atom. The molecule has 1 aliphatic rings. The standard InChI is InChI=1S/C20H21ClN2O/c1-13-14(2)23(11-15-3-4-15)19-18(13)9-10-22-20(19)24-12-16-5-7-17(21)8-6-16/h5-10,15H,3-4,11-12H2,1-2H3. The average molecular weight is 341 g/mol. The highest BCUT2D eigenvalue weighted by atomic mass is 35.5. The molecule has 0 N–H and O–H groups in total. The van der Waals surface area contributed by atoms with Gasteiger partial charge in [0.2, 0.25) is 5.88 Å². The maximum absolute atomic E-state index is 6.08. The van der Waals surface area contributed by atoms with Crippen LogP contribution in [0.25, 0.3) is 10.9 Å². The van der Waals surface area contributed by atoms with Crippen LogP contribution in [0.5, 0.6) is 5.88 Å². The Bertz CT molecular complexity index is 879. The fraction of sp³-hybridized carbons (Fsp3) is 0.350. The van der Waals surface area contributed by atoms with Crippen LogP contribution in [0.1, 0.15) is 29.7 Å². The SMILES string of the molecule is Cc1c(C)n(CC2CC2)c2c(OCc3ccc(Cl)cc3)nccc12. The van der Waals surface area contributed by atoms with Crippen LogP contribution in [0.3, 0.4) is 0 Å². The van der Waals surface area contributed by atoms with Crippen LogP contribution < -0.4 is 4.74 Å². The van der Waals surface area contributed by atoms with Gasteiger partial charge in [0.1, 0.15) is 12.1 Å². The quantitative estimate of drug-likeness (QED) is 0.630. The Balaban J connectivity index is 1.69. The predicted octanol–water partition coefficient (Wildman–Crippen LogP) is 5.30. The van der Waals surface area contributed by atoms with Crippen LogP contribution in [-0.4, -0.2) is 9.55 Å². The van der Waals surface area contributed by atoms with Crippen molar-refractivity contribution in [2.45, 2.75) is 39.8 Å². The molecule has 1 saturated carbocycles. The molecule has 4 rings (SSSR count). The second-order valence-corrected chi connectivity index (χ2v) is 7.13. The predicted molar refractivity (Wildman–Crippen MR) is 97.7 cm³/mol. The Kier molecular flexibility index (Phi) is 3.97. The third-order valence-electron chi connectivity index (χ3n) is 4.94. The summed E-state index contributed by atoms with van der Waals surface area (Å²) in [6, 6.07) is 9.84. The van der Waals surface area contributed by atoms with Crippen molar-refractivity contribution >= 4 is 22.5 Å². The van der Waals surface area contributed by atoms with E-state index in [0.29, 0.717) is 6.61 Å². The summed E-state index contributed by atoms with van der Waals surface area (Å²) in [5.74, 6) is 1.53. The first-order chi connectivity index (χ1) is 11.6. The minimum Gasteiger partial charge on any atom is -0.471 e. The molecule has 0 radical (unpaired) electrons. The number of ether oxygens (including phenoxy) is 1. The number of benzene rings is 1. The number of nitrogens with zero attached hydrogens (tertiary/aromatic N) is 2. The van der Waals surface area contributed by atoms with Gasteiger partial charge in [-0.3, -0.25) is 0 Å². The van der Waals surface area contributed by atoms with Crippen LogP contribution >= 0.6 is 11.6 Å². The van der Waals surface area contributed by atoms with Crippen molar-refractivity contribution in [1.82, 2.24) is 9.55 Å². The first-order valence-corrected chi connectivity index (χ1v) is 8.83. The van der Waals surface area contributed by atoms with Crippen LogP contribution in [0.15, 0.2) is 36.5 Å². The number of rotatable bonds is 5. The third-order valence-corrected chi connectivity index (χ3v) is 5.19. The summed E-state index contributed by atoms with van der Waals surface area (Å²) in [7, 11) is 0. The summed E-state index contributed by atoms with van der Waals surface area (Å²) >= 11 is 5.95. The van der Waals surface area contributed by atoms with Crippen molar-refractivity contribution in [3.8, 4) is 5.88 Å². The molecule has 3 nitrogen and oxygen atoms in total. The second-order valence-electron chi connectivity index (χ2n) is 6.69. The van der Waals surface area contributed by atoms with Gasteiger partial charge in [-0.05, 0) is 61.9 Å². The number of aryl methyl sites for hydroxylation is 1. The monoisotopic (exact) mass is 340 g/mol. The molecule has 0 spiro atoms. The van der Waals surface area contributed by atoms with Gasteiger partial charge in [0.25, 0.3) is 0 Å². The largest absolute Gasteiger partial charge is 0.471 e. The van der Waals surface area contributed by atoms with Crippen molar-refractivity contribution in [3.05, 3.63) is 58.4 Å². The minimum absolute atomic E-state index is 0.496. The lowest BCUT2D eigenvalue weighted by Gasteiger charge is -2.11. The fourth-order valence-corrected chi connectivity index (χ4v) is 3.31. The number of halogens is 1. The van der Waals surface area contributed by atoms with Crippen molar-refractivity contribution in [1.29, 1.82) is 0 Å². The molecule has 0 amide bonds. The van der Waals surface area contributed by atoms with E-state index < -0.39 is 0 Å². The van der Waals surface area contributed by atoms with Crippen molar-refractivity contribution < 1.29 is 4.74 Å². The molecule has 1 aromatic carbocycles. The smallest absolute Gasteiger partial charge is 0.238 e. The molecular formula is C20H21ClN2O. The number of hydrogen-bond acceptors (Lipinski definition) is 2. The zero-order chi connectivity index (χ0) is 16.7. The number of aromatic nitrogens is 2. The van der Waals surface area contributed by atoms with E-state index >= 15 is 0 Å². The molecule has 0 saturated heterocycles. The Hall–Kier alpha value is -2.00. The van der Waals surface area contributed by atoms with Gasteiger partial charge >= 0.3 is 0 Å². The molecule has 2 heterocycles. The van der Waals surface area contributed by atoms with E-state index in [1.165, 1.54) is 29.5 Å². The molecule has 1 aliphatic carbocycles. The fourth-order valence-electron chi connectivity index (χ4n) is 3.19. The molecule has 4 heteroatoms. The first kappa shape index (κ1) is 15.5. The Labute approximate surface area is 147 Å². The van der Waals surface area contributed by atoms with E-state index in [4.69, 9.17) is 16.3 Å². The molecule has 0 atom stereocenters. The molecule has 1 fully saturated rings. The lowest BCUT2D eigenvalue weighted by atomic mass is 10.2. The van der Waals surface area contributed by atoms with E-state index in [1.807, 2.05) is 30.5 Å². The zero-order valence-corrected chi connectivity index (χ0v) is 14.8. The highest BCUT2D eigenvalue weighted by Gasteiger charge is 2.25. The summed E-state index contributed by atoms with van der Waals surface area (Å²) in [6.45, 7) is 5.94. The van der Waals surface area contributed by atoms with Gasteiger partial charge < -0.3 is 9.30 Å². The van der Waals surface area contributed by atoms with Gasteiger partial charge in [0.05, 0.1) is 0 Å². The molecule has 24 heavy (non-hydrogen) atoms. The number of pyridine rings is 1. The maximum atomic E-state index is 6.08. The first-order valence-electron chi connectivity index (χ1n) is 8.45. The van der Waals surface area contributed by atoms with E-state index in [2.05, 4.69) is 29.5 Å². The molecule has 0 unspecified atom stereocenters. The Morgan fingerprint density at radius 3 is 2.62 bits per heavy atom. The molecule has 0 bridgehead atoms. The van der Waals surface area contributed by atoms with Gasteiger partial charge in [-0.2, -0.15) is 0 Å². The molecular weight excluding hydrogens is 320 g/mol. The van der Waals surface area contributed by atoms with Crippen molar-refractivity contribution in [2.75, 3.05) is 0 Å². The summed E-state index contributed by atoms with van der Waals surface area (Å²) < 4.78 is 8.48. The zero-order valence-electron chi connectivity index (χ0n) is 14.1. The van der Waals surface area contributed by atoms with Crippen molar-refractivity contribution in [3.63, 3.8) is 0 Å². The maximum Gasteiger partial charge on any atom is 0.238 e. The van der Waals surface area contributed by atoms with Crippen LogP contribution in [-0.2, 0) is 13.2 Å². The summed E-state index contributed by atoms with van der Waals surface area (Å²) in [4.78, 5) is 4.51. The lowest BCUT2D eigenvalue weighted by molar-refractivity contribution is 0.296. The summed E-state index contributed by atoms with van der Waals surface area (Å²) in [5.41, 5.74) is 4.87. The normalized spacial score (nSPS) is 14.3. The van der Waals surface area contributed by atoms with E-state index in [9.17, 15) is 0 Å². The van der Waals surface area contributed by atoms with Gasteiger partial charge in [-0.15, -0.1) is 0 Å². The van der Waals surface area contributed by atoms with Crippen LogP contribution in [0.2, 0.25) is 5.02 Å². The number of hydrogen-bond donors (Lipinski definition) is 0. The van der Waals surface area contributed by atoms with E-state index in [-0.39, 0.29) is 0 Å². The topological polar surface area (TPSA) is 27.1 Å². The molecule has 3 aromatic rings. The third kappa shape index (κ3) is 2.89. The average Bonchev–Trinajstić information content (AvgIpc) is 3.38. The van der Waals surface area contributed by atoms with E-state index in [1.54, 1.807) is 0 Å². The van der Waals surface area contributed by atoms with Gasteiger partial charge in [0.15, 0.2) is 0 Å². The molecule has 124 valence electrons. The lowest BCUT2D eigenvalue weighted by Crippen LogP contribution is -2.05. The number of fused-ring (bicyclic) bond motifs is 1. The molecule has 2 aromatic heterocycles. The van der Waals surface area contributed by atoms with Gasteiger partial charge in [0, 0.05) is 28.8 Å². The van der Waals surface area contributed by atoms with Crippen LogP contribution in [0, 0.1) is 19.8 Å².